The predicted molar refractivity (Wildman–Crippen MR) is 86.6 cm³/mol. The van der Waals surface area contributed by atoms with Crippen molar-refractivity contribution in [2.45, 2.75) is 56.6 Å². The van der Waals surface area contributed by atoms with Gasteiger partial charge in [-0.2, -0.15) is 0 Å². The Morgan fingerprint density at radius 3 is 2.85 bits per heavy atom. The standard InChI is InChI=1S/C15H23BrN2OS/c16-12-8-13(20-10-12)14(18-17)11-4-7-19-15(9-11)5-2-1-3-6-15/h8,10-11,14,18H,1-7,9,17H2. The third-order valence-electron chi connectivity index (χ3n) is 4.84. The molecular weight excluding hydrogens is 336 g/mol. The van der Waals surface area contributed by atoms with Crippen molar-refractivity contribution < 1.29 is 4.74 Å². The molecule has 2 heterocycles. The molecule has 0 amide bonds. The van der Waals surface area contributed by atoms with Crippen LogP contribution >= 0.6 is 27.3 Å². The maximum atomic E-state index is 6.20. The highest BCUT2D eigenvalue weighted by molar-refractivity contribution is 9.10. The molecule has 20 heavy (non-hydrogen) atoms. The second-order valence-electron chi connectivity index (χ2n) is 6.16. The molecule has 1 aromatic rings. The van der Waals surface area contributed by atoms with Crippen molar-refractivity contribution in [1.82, 2.24) is 5.43 Å². The Kier molecular flexibility index (Phi) is 4.82. The van der Waals surface area contributed by atoms with Gasteiger partial charge in [-0.3, -0.25) is 11.3 Å². The van der Waals surface area contributed by atoms with Gasteiger partial charge in [-0.15, -0.1) is 11.3 Å². The molecule has 2 aliphatic rings. The Morgan fingerprint density at radius 2 is 2.20 bits per heavy atom. The fraction of sp³-hybridized carbons (Fsp3) is 0.733. The van der Waals surface area contributed by atoms with Gasteiger partial charge in [-0.25, -0.2) is 0 Å². The molecule has 2 fully saturated rings. The van der Waals surface area contributed by atoms with Crippen LogP contribution in [0.3, 0.4) is 0 Å². The van der Waals surface area contributed by atoms with E-state index in [1.54, 1.807) is 11.3 Å². The summed E-state index contributed by atoms with van der Waals surface area (Å²) in [4.78, 5) is 1.33. The summed E-state index contributed by atoms with van der Waals surface area (Å²) in [5.41, 5.74) is 3.20. The van der Waals surface area contributed by atoms with Crippen LogP contribution in [0.1, 0.15) is 55.9 Å². The molecule has 1 aliphatic carbocycles. The maximum absolute atomic E-state index is 6.20. The lowest BCUT2D eigenvalue weighted by molar-refractivity contribution is -0.122. The van der Waals surface area contributed by atoms with Crippen molar-refractivity contribution in [3.8, 4) is 0 Å². The lowest BCUT2D eigenvalue weighted by Crippen LogP contribution is -2.45. The Labute approximate surface area is 133 Å². The number of hydrogen-bond donors (Lipinski definition) is 2. The molecule has 1 aliphatic heterocycles. The van der Waals surface area contributed by atoms with E-state index in [1.807, 2.05) is 0 Å². The first-order valence-electron chi connectivity index (χ1n) is 7.56. The minimum absolute atomic E-state index is 0.144. The highest BCUT2D eigenvalue weighted by Crippen LogP contribution is 2.45. The van der Waals surface area contributed by atoms with Gasteiger partial charge < -0.3 is 4.74 Å². The van der Waals surface area contributed by atoms with Gasteiger partial charge in [-0.1, -0.05) is 19.3 Å². The second kappa shape index (κ2) is 6.44. The molecule has 0 aromatic carbocycles. The monoisotopic (exact) mass is 358 g/mol. The van der Waals surface area contributed by atoms with Crippen LogP contribution in [0, 0.1) is 5.92 Å². The summed E-state index contributed by atoms with van der Waals surface area (Å²) in [6.07, 6.45) is 8.72. The Bertz CT molecular complexity index is 439. The summed E-state index contributed by atoms with van der Waals surface area (Å²) in [6.45, 7) is 0.884. The van der Waals surface area contributed by atoms with E-state index in [0.29, 0.717) is 5.92 Å². The van der Waals surface area contributed by atoms with E-state index in [9.17, 15) is 0 Å². The van der Waals surface area contributed by atoms with Crippen molar-refractivity contribution in [2.24, 2.45) is 11.8 Å². The zero-order valence-corrected chi connectivity index (χ0v) is 14.1. The van der Waals surface area contributed by atoms with Crippen LogP contribution in [0.4, 0.5) is 0 Å². The first kappa shape index (κ1) is 15.0. The molecule has 0 radical (unpaired) electrons. The largest absolute Gasteiger partial charge is 0.375 e. The maximum Gasteiger partial charge on any atom is 0.0686 e. The number of hydrogen-bond acceptors (Lipinski definition) is 4. The molecule has 2 atom stereocenters. The molecule has 3 nitrogen and oxygen atoms in total. The summed E-state index contributed by atoms with van der Waals surface area (Å²) in [5.74, 6) is 6.44. The summed E-state index contributed by atoms with van der Waals surface area (Å²) >= 11 is 5.32. The number of nitrogens with two attached hydrogens (primary N) is 1. The van der Waals surface area contributed by atoms with Gasteiger partial charge in [0, 0.05) is 21.3 Å². The average molecular weight is 359 g/mol. The molecule has 112 valence electrons. The van der Waals surface area contributed by atoms with E-state index in [0.717, 1.165) is 23.9 Å². The van der Waals surface area contributed by atoms with Crippen LogP contribution in [0.15, 0.2) is 15.9 Å². The lowest BCUT2D eigenvalue weighted by atomic mass is 9.74. The summed E-state index contributed by atoms with van der Waals surface area (Å²) < 4.78 is 7.35. The van der Waals surface area contributed by atoms with Crippen LogP contribution < -0.4 is 11.3 Å². The van der Waals surface area contributed by atoms with Crippen LogP contribution in [-0.2, 0) is 4.74 Å². The van der Waals surface area contributed by atoms with Gasteiger partial charge in [0.1, 0.15) is 0 Å². The minimum Gasteiger partial charge on any atom is -0.375 e. The first-order chi connectivity index (χ1) is 9.72. The van der Waals surface area contributed by atoms with E-state index >= 15 is 0 Å². The Balaban J connectivity index is 1.74. The number of rotatable bonds is 3. The predicted octanol–water partition coefficient (Wildman–Crippen LogP) is 4.14. The van der Waals surface area contributed by atoms with E-state index in [-0.39, 0.29) is 11.6 Å². The van der Waals surface area contributed by atoms with Gasteiger partial charge in [0.2, 0.25) is 0 Å². The van der Waals surface area contributed by atoms with Gasteiger partial charge in [-0.05, 0) is 53.6 Å². The minimum atomic E-state index is 0.144. The first-order valence-corrected chi connectivity index (χ1v) is 9.24. The highest BCUT2D eigenvalue weighted by Gasteiger charge is 2.41. The fourth-order valence-electron chi connectivity index (χ4n) is 3.84. The van der Waals surface area contributed by atoms with Gasteiger partial charge in [0.15, 0.2) is 0 Å². The van der Waals surface area contributed by atoms with Crippen molar-refractivity contribution in [1.29, 1.82) is 0 Å². The quantitative estimate of drug-likeness (QED) is 0.630. The molecule has 3 rings (SSSR count). The SMILES string of the molecule is NNC(c1cc(Br)cs1)C1CCOC2(CCCCC2)C1. The molecular formula is C15H23BrN2OS. The molecule has 5 heteroatoms. The van der Waals surface area contributed by atoms with Crippen molar-refractivity contribution in [3.05, 3.63) is 20.8 Å². The van der Waals surface area contributed by atoms with E-state index in [2.05, 4.69) is 32.8 Å². The van der Waals surface area contributed by atoms with Crippen LogP contribution in [0.2, 0.25) is 0 Å². The highest BCUT2D eigenvalue weighted by atomic mass is 79.9. The third kappa shape index (κ3) is 3.12. The Morgan fingerprint density at radius 1 is 1.40 bits per heavy atom. The van der Waals surface area contributed by atoms with Crippen LogP contribution in [0.5, 0.6) is 0 Å². The number of thiophene rings is 1. The number of nitrogens with one attached hydrogen (secondary N) is 1. The molecule has 3 N–H and O–H groups in total. The zero-order valence-electron chi connectivity index (χ0n) is 11.7. The van der Waals surface area contributed by atoms with E-state index in [4.69, 9.17) is 10.6 Å². The van der Waals surface area contributed by atoms with Gasteiger partial charge in [0.25, 0.3) is 0 Å². The molecule has 1 spiro atoms. The van der Waals surface area contributed by atoms with Crippen molar-refractivity contribution in [3.63, 3.8) is 0 Å². The second-order valence-corrected chi connectivity index (χ2v) is 8.02. The molecule has 2 unspecified atom stereocenters. The summed E-state index contributed by atoms with van der Waals surface area (Å²) in [6, 6.07) is 2.45. The summed E-state index contributed by atoms with van der Waals surface area (Å²) in [7, 11) is 0. The molecule has 0 bridgehead atoms. The topological polar surface area (TPSA) is 47.3 Å². The zero-order chi connectivity index (χ0) is 14.0. The number of ether oxygens (including phenoxy) is 1. The average Bonchev–Trinajstić information content (AvgIpc) is 2.87. The van der Waals surface area contributed by atoms with Crippen LogP contribution in [-0.4, -0.2) is 12.2 Å². The van der Waals surface area contributed by atoms with Gasteiger partial charge >= 0.3 is 0 Å². The lowest BCUT2D eigenvalue weighted by Gasteiger charge is -2.45. The smallest absolute Gasteiger partial charge is 0.0686 e. The van der Waals surface area contributed by atoms with E-state index < -0.39 is 0 Å². The molecule has 1 saturated carbocycles. The molecule has 1 aromatic heterocycles. The number of halogens is 1. The van der Waals surface area contributed by atoms with Crippen LogP contribution in [0.25, 0.3) is 0 Å². The van der Waals surface area contributed by atoms with Crippen molar-refractivity contribution >= 4 is 27.3 Å². The Hall–Kier alpha value is 0.0600. The normalized spacial score (nSPS) is 27.6. The van der Waals surface area contributed by atoms with E-state index in [1.165, 1.54) is 37.0 Å². The van der Waals surface area contributed by atoms with Crippen molar-refractivity contribution in [2.75, 3.05) is 6.61 Å². The third-order valence-corrected chi connectivity index (χ3v) is 6.62. The summed E-state index contributed by atoms with van der Waals surface area (Å²) in [5, 5.41) is 2.13. The molecule has 1 saturated heterocycles. The van der Waals surface area contributed by atoms with Gasteiger partial charge in [0.05, 0.1) is 11.6 Å². The number of hydrazine groups is 1. The fourth-order valence-corrected chi connectivity index (χ4v) is 5.43.